The highest BCUT2D eigenvalue weighted by molar-refractivity contribution is 9.10. The van der Waals surface area contributed by atoms with Crippen LogP contribution in [0.25, 0.3) is 10.9 Å². The van der Waals surface area contributed by atoms with E-state index in [1.165, 1.54) is 26.6 Å². The number of aromatic amines is 1. The molecule has 72 valence electrons. The van der Waals surface area contributed by atoms with Crippen LogP contribution in [-0.4, -0.2) is 11.5 Å². The van der Waals surface area contributed by atoms with Gasteiger partial charge in [-0.3, -0.25) is 0 Å². The summed E-state index contributed by atoms with van der Waals surface area (Å²) in [6, 6.07) is 6.31. The van der Waals surface area contributed by atoms with Crippen LogP contribution >= 0.6 is 15.9 Å². The summed E-state index contributed by atoms with van der Waals surface area (Å²) in [6.45, 7) is 2.06. The largest absolute Gasteiger partial charge is 0.358 e. The molecule has 2 heterocycles. The number of hydrogen-bond acceptors (Lipinski definition) is 1. The van der Waals surface area contributed by atoms with Crippen LogP contribution in [0.3, 0.4) is 0 Å². The Balaban J connectivity index is 2.38. The molecule has 0 atom stereocenters. The molecule has 2 aromatic rings. The lowest BCUT2D eigenvalue weighted by atomic mass is 10.1. The maximum atomic E-state index is 3.61. The molecule has 0 unspecified atom stereocenters. The van der Waals surface area contributed by atoms with Gasteiger partial charge in [0.2, 0.25) is 0 Å². The van der Waals surface area contributed by atoms with Crippen molar-refractivity contribution < 1.29 is 0 Å². The van der Waals surface area contributed by atoms with Crippen LogP contribution in [-0.2, 0) is 13.0 Å². The standard InChI is InChI=1S/C11H11BrN2/c12-8-2-1-3-10-11(8)7-6-13-5-4-9(7)14-10/h1-3,13-14H,4-6H2. The molecule has 0 aliphatic carbocycles. The van der Waals surface area contributed by atoms with Gasteiger partial charge < -0.3 is 10.3 Å². The third-order valence-electron chi connectivity index (χ3n) is 2.82. The lowest BCUT2D eigenvalue weighted by Gasteiger charge is -2.12. The van der Waals surface area contributed by atoms with E-state index < -0.39 is 0 Å². The lowest BCUT2D eigenvalue weighted by molar-refractivity contribution is 0.640. The third kappa shape index (κ3) is 1.12. The number of fused-ring (bicyclic) bond motifs is 3. The second-order valence-electron chi connectivity index (χ2n) is 3.67. The van der Waals surface area contributed by atoms with Crippen molar-refractivity contribution in [2.45, 2.75) is 13.0 Å². The Labute approximate surface area is 90.8 Å². The zero-order valence-corrected chi connectivity index (χ0v) is 9.32. The predicted molar refractivity (Wildman–Crippen MR) is 61.4 cm³/mol. The average Bonchev–Trinajstić information content (AvgIpc) is 2.57. The molecule has 1 aliphatic rings. The summed E-state index contributed by atoms with van der Waals surface area (Å²) in [4.78, 5) is 3.49. The van der Waals surface area contributed by atoms with E-state index in [0.717, 1.165) is 19.5 Å². The first-order chi connectivity index (χ1) is 6.86. The Hall–Kier alpha value is -0.800. The smallest absolute Gasteiger partial charge is 0.0470 e. The SMILES string of the molecule is Brc1cccc2[nH]c3c(c12)CNCC3. The fourth-order valence-electron chi connectivity index (χ4n) is 2.16. The van der Waals surface area contributed by atoms with Gasteiger partial charge in [-0.1, -0.05) is 22.0 Å². The minimum absolute atomic E-state index is 0.984. The van der Waals surface area contributed by atoms with Crippen molar-refractivity contribution in [2.75, 3.05) is 6.54 Å². The van der Waals surface area contributed by atoms with E-state index in [0.29, 0.717) is 0 Å². The van der Waals surface area contributed by atoms with Gasteiger partial charge in [-0.15, -0.1) is 0 Å². The Morgan fingerprint density at radius 2 is 2.21 bits per heavy atom. The molecule has 3 rings (SSSR count). The van der Waals surface area contributed by atoms with E-state index >= 15 is 0 Å². The van der Waals surface area contributed by atoms with E-state index in [-0.39, 0.29) is 0 Å². The van der Waals surface area contributed by atoms with E-state index in [1.54, 1.807) is 0 Å². The molecule has 1 aliphatic heterocycles. The quantitative estimate of drug-likeness (QED) is 0.740. The Morgan fingerprint density at radius 3 is 3.14 bits per heavy atom. The molecule has 0 bridgehead atoms. The number of rotatable bonds is 0. The molecular formula is C11H11BrN2. The van der Waals surface area contributed by atoms with Crippen LogP contribution in [0, 0.1) is 0 Å². The zero-order chi connectivity index (χ0) is 9.54. The molecule has 0 amide bonds. The van der Waals surface area contributed by atoms with E-state index in [2.05, 4.69) is 44.4 Å². The van der Waals surface area contributed by atoms with Gasteiger partial charge in [-0.05, 0) is 17.7 Å². The Morgan fingerprint density at radius 1 is 1.29 bits per heavy atom. The summed E-state index contributed by atoms with van der Waals surface area (Å²) in [5.74, 6) is 0. The van der Waals surface area contributed by atoms with Gasteiger partial charge in [0.25, 0.3) is 0 Å². The van der Waals surface area contributed by atoms with Crippen molar-refractivity contribution in [1.82, 2.24) is 10.3 Å². The Kier molecular flexibility index (Phi) is 1.89. The summed E-state index contributed by atoms with van der Waals surface area (Å²) in [6.07, 6.45) is 1.11. The van der Waals surface area contributed by atoms with Crippen LogP contribution in [0.2, 0.25) is 0 Å². The van der Waals surface area contributed by atoms with Gasteiger partial charge in [-0.25, -0.2) is 0 Å². The molecule has 3 heteroatoms. The minimum atomic E-state index is 0.984. The van der Waals surface area contributed by atoms with Crippen LogP contribution in [0.1, 0.15) is 11.3 Å². The molecule has 1 aromatic carbocycles. The highest BCUT2D eigenvalue weighted by atomic mass is 79.9. The van der Waals surface area contributed by atoms with Gasteiger partial charge in [0.1, 0.15) is 0 Å². The second kappa shape index (κ2) is 3.11. The van der Waals surface area contributed by atoms with Crippen molar-refractivity contribution in [1.29, 1.82) is 0 Å². The topological polar surface area (TPSA) is 27.8 Å². The average molecular weight is 251 g/mol. The van der Waals surface area contributed by atoms with Gasteiger partial charge >= 0.3 is 0 Å². The maximum Gasteiger partial charge on any atom is 0.0470 e. The molecule has 14 heavy (non-hydrogen) atoms. The van der Waals surface area contributed by atoms with Crippen molar-refractivity contribution in [2.24, 2.45) is 0 Å². The summed E-state index contributed by atoms with van der Waals surface area (Å²) in [7, 11) is 0. The summed E-state index contributed by atoms with van der Waals surface area (Å²) in [5, 5.41) is 4.75. The highest BCUT2D eigenvalue weighted by Gasteiger charge is 2.15. The molecule has 0 fully saturated rings. The van der Waals surface area contributed by atoms with E-state index in [1.807, 2.05) is 0 Å². The van der Waals surface area contributed by atoms with Crippen molar-refractivity contribution in [3.63, 3.8) is 0 Å². The monoisotopic (exact) mass is 250 g/mol. The first-order valence-corrected chi connectivity index (χ1v) is 5.64. The van der Waals surface area contributed by atoms with Gasteiger partial charge in [-0.2, -0.15) is 0 Å². The fourth-order valence-corrected chi connectivity index (χ4v) is 2.76. The summed E-state index contributed by atoms with van der Waals surface area (Å²) < 4.78 is 1.19. The minimum Gasteiger partial charge on any atom is -0.358 e. The van der Waals surface area contributed by atoms with Gasteiger partial charge in [0, 0.05) is 40.6 Å². The number of nitrogens with one attached hydrogen (secondary N) is 2. The molecule has 0 saturated heterocycles. The lowest BCUT2D eigenvalue weighted by Crippen LogP contribution is -2.22. The number of aromatic nitrogens is 1. The normalized spacial score (nSPS) is 15.8. The molecule has 0 radical (unpaired) electrons. The number of halogens is 1. The molecule has 2 nitrogen and oxygen atoms in total. The van der Waals surface area contributed by atoms with Crippen LogP contribution < -0.4 is 5.32 Å². The second-order valence-corrected chi connectivity index (χ2v) is 4.53. The zero-order valence-electron chi connectivity index (χ0n) is 7.73. The first-order valence-electron chi connectivity index (χ1n) is 4.85. The van der Waals surface area contributed by atoms with Crippen LogP contribution in [0.4, 0.5) is 0 Å². The van der Waals surface area contributed by atoms with Crippen molar-refractivity contribution >= 4 is 26.8 Å². The number of benzene rings is 1. The predicted octanol–water partition coefficient (Wildman–Crippen LogP) is 2.58. The number of hydrogen-bond donors (Lipinski definition) is 2. The molecule has 1 aromatic heterocycles. The Bertz CT molecular complexity index is 487. The molecule has 2 N–H and O–H groups in total. The van der Waals surface area contributed by atoms with Crippen LogP contribution in [0.15, 0.2) is 22.7 Å². The summed E-state index contributed by atoms with van der Waals surface area (Å²) >= 11 is 3.61. The fraction of sp³-hybridized carbons (Fsp3) is 0.273. The maximum absolute atomic E-state index is 3.61. The van der Waals surface area contributed by atoms with Crippen LogP contribution in [0.5, 0.6) is 0 Å². The van der Waals surface area contributed by atoms with Gasteiger partial charge in [0.05, 0.1) is 0 Å². The highest BCUT2D eigenvalue weighted by Crippen LogP contribution is 2.30. The molecule has 0 spiro atoms. The number of H-pyrrole nitrogens is 1. The van der Waals surface area contributed by atoms with E-state index in [9.17, 15) is 0 Å². The van der Waals surface area contributed by atoms with Gasteiger partial charge in [0.15, 0.2) is 0 Å². The van der Waals surface area contributed by atoms with Crippen molar-refractivity contribution in [3.8, 4) is 0 Å². The van der Waals surface area contributed by atoms with E-state index in [4.69, 9.17) is 0 Å². The first kappa shape index (κ1) is 8.50. The third-order valence-corrected chi connectivity index (χ3v) is 3.48. The summed E-state index contributed by atoms with van der Waals surface area (Å²) in [5.41, 5.74) is 4.07. The van der Waals surface area contributed by atoms with Crippen molar-refractivity contribution in [3.05, 3.63) is 33.9 Å². The molecule has 0 saturated carbocycles. The molecular weight excluding hydrogens is 240 g/mol.